The molecule has 4 rings (SSSR count). The van der Waals surface area contributed by atoms with Crippen molar-refractivity contribution >= 4 is 34.7 Å². The molecule has 2 heterocycles. The monoisotopic (exact) mass is 494 g/mol. The molecular formula is C25H26N4O5S. The van der Waals surface area contributed by atoms with Gasteiger partial charge in [-0.05, 0) is 62.8 Å². The number of thiocarbonyl (C=S) groups is 1. The Balaban J connectivity index is 1.84. The fourth-order valence-corrected chi connectivity index (χ4v) is 4.34. The summed E-state index contributed by atoms with van der Waals surface area (Å²) in [7, 11) is 1.58. The van der Waals surface area contributed by atoms with E-state index in [0.29, 0.717) is 57.3 Å². The van der Waals surface area contributed by atoms with Crippen molar-refractivity contribution in [2.75, 3.05) is 23.9 Å². The summed E-state index contributed by atoms with van der Waals surface area (Å²) >= 11 is 5.74. The Morgan fingerprint density at radius 3 is 2.69 bits per heavy atom. The summed E-state index contributed by atoms with van der Waals surface area (Å²) in [4.78, 5) is 15.4. The number of para-hydroxylation sites is 2. The molecule has 0 radical (unpaired) electrons. The number of ether oxygens (including phenoxy) is 2. The third kappa shape index (κ3) is 4.78. The molecule has 182 valence electrons. The van der Waals surface area contributed by atoms with Gasteiger partial charge in [-0.2, -0.15) is 0 Å². The smallest absolute Gasteiger partial charge is 0.257 e. The topological polar surface area (TPSA) is 109 Å². The van der Waals surface area contributed by atoms with Crippen LogP contribution in [0.1, 0.15) is 31.2 Å². The molecule has 1 atom stereocenters. The first-order valence-corrected chi connectivity index (χ1v) is 11.4. The van der Waals surface area contributed by atoms with Crippen LogP contribution in [-0.2, 0) is 4.79 Å². The van der Waals surface area contributed by atoms with Crippen LogP contribution in [0, 0.1) is 6.92 Å². The van der Waals surface area contributed by atoms with Gasteiger partial charge in [0.25, 0.3) is 5.91 Å². The fraction of sp³-hybridized carbons (Fsp3) is 0.240. The van der Waals surface area contributed by atoms with Crippen molar-refractivity contribution in [1.82, 2.24) is 10.5 Å². The van der Waals surface area contributed by atoms with Gasteiger partial charge < -0.3 is 29.7 Å². The van der Waals surface area contributed by atoms with Gasteiger partial charge in [-0.1, -0.05) is 23.4 Å². The van der Waals surface area contributed by atoms with E-state index in [1.165, 1.54) is 6.07 Å². The van der Waals surface area contributed by atoms with Gasteiger partial charge in [0.2, 0.25) is 0 Å². The lowest BCUT2D eigenvalue weighted by molar-refractivity contribution is -0.113. The summed E-state index contributed by atoms with van der Waals surface area (Å²) < 4.78 is 16.2. The number of anilines is 2. The quantitative estimate of drug-likeness (QED) is 0.411. The number of benzene rings is 2. The number of methoxy groups -OCH3 is 1. The number of nitrogens with one attached hydrogen (secondary N) is 2. The van der Waals surface area contributed by atoms with Crippen molar-refractivity contribution in [3.63, 3.8) is 0 Å². The minimum absolute atomic E-state index is 0.00871. The van der Waals surface area contributed by atoms with Crippen LogP contribution in [-0.4, -0.2) is 35.0 Å². The number of carbonyl (C=O) groups is 1. The van der Waals surface area contributed by atoms with Crippen LogP contribution in [0.3, 0.4) is 0 Å². The number of carbonyl (C=O) groups excluding carboxylic acids is 1. The summed E-state index contributed by atoms with van der Waals surface area (Å²) in [5.41, 5.74) is 2.38. The number of nitrogens with zero attached hydrogens (tertiary/aromatic N) is 2. The Morgan fingerprint density at radius 2 is 2.00 bits per heavy atom. The first-order chi connectivity index (χ1) is 16.8. The van der Waals surface area contributed by atoms with Crippen LogP contribution >= 0.6 is 12.2 Å². The zero-order valence-corrected chi connectivity index (χ0v) is 20.6. The lowest BCUT2D eigenvalue weighted by Gasteiger charge is -2.38. The molecule has 0 fully saturated rings. The van der Waals surface area contributed by atoms with Crippen molar-refractivity contribution < 1.29 is 23.9 Å². The van der Waals surface area contributed by atoms with Crippen LogP contribution in [0.5, 0.6) is 17.2 Å². The lowest BCUT2D eigenvalue weighted by atomic mass is 9.93. The van der Waals surface area contributed by atoms with Gasteiger partial charge in [-0.15, -0.1) is 0 Å². The molecule has 1 amide bonds. The van der Waals surface area contributed by atoms with Gasteiger partial charge >= 0.3 is 0 Å². The highest BCUT2D eigenvalue weighted by molar-refractivity contribution is 7.80. The molecule has 0 saturated heterocycles. The third-order valence-corrected chi connectivity index (χ3v) is 5.84. The Kier molecular flexibility index (Phi) is 6.92. The Bertz CT molecular complexity index is 1300. The average molecular weight is 495 g/mol. The molecule has 0 spiro atoms. The zero-order chi connectivity index (χ0) is 25.1. The molecule has 1 aromatic heterocycles. The molecule has 0 unspecified atom stereocenters. The number of aromatic nitrogens is 1. The molecule has 1 aliphatic heterocycles. The van der Waals surface area contributed by atoms with E-state index in [4.69, 9.17) is 26.2 Å². The predicted octanol–water partition coefficient (Wildman–Crippen LogP) is 4.44. The summed E-state index contributed by atoms with van der Waals surface area (Å²) in [6.45, 7) is 5.77. The molecule has 2 aromatic carbocycles. The molecule has 10 heteroatoms. The van der Waals surface area contributed by atoms with E-state index in [2.05, 4.69) is 15.8 Å². The van der Waals surface area contributed by atoms with Gasteiger partial charge in [0, 0.05) is 11.8 Å². The molecule has 1 aliphatic rings. The van der Waals surface area contributed by atoms with Crippen molar-refractivity contribution in [3.05, 3.63) is 71.1 Å². The number of aromatic hydroxyl groups is 1. The maximum Gasteiger partial charge on any atom is 0.257 e. The van der Waals surface area contributed by atoms with Crippen molar-refractivity contribution in [3.8, 4) is 17.2 Å². The second kappa shape index (κ2) is 10.1. The van der Waals surface area contributed by atoms with Crippen LogP contribution in [0.4, 0.5) is 11.5 Å². The highest BCUT2D eigenvalue weighted by atomic mass is 32.1. The van der Waals surface area contributed by atoms with E-state index in [-0.39, 0.29) is 11.7 Å². The molecule has 35 heavy (non-hydrogen) atoms. The van der Waals surface area contributed by atoms with Gasteiger partial charge in [-0.25, -0.2) is 0 Å². The van der Waals surface area contributed by atoms with Gasteiger partial charge in [0.15, 0.2) is 22.4 Å². The minimum Gasteiger partial charge on any atom is -0.504 e. The predicted molar refractivity (Wildman–Crippen MR) is 136 cm³/mol. The Labute approximate surface area is 208 Å². The Morgan fingerprint density at radius 1 is 1.23 bits per heavy atom. The minimum atomic E-state index is -0.624. The summed E-state index contributed by atoms with van der Waals surface area (Å²) in [6, 6.07) is 13.4. The second-order valence-electron chi connectivity index (χ2n) is 7.83. The van der Waals surface area contributed by atoms with Crippen LogP contribution in [0.2, 0.25) is 0 Å². The average Bonchev–Trinajstić information content (AvgIpc) is 3.24. The van der Waals surface area contributed by atoms with Gasteiger partial charge in [-0.3, -0.25) is 9.69 Å². The van der Waals surface area contributed by atoms with E-state index in [9.17, 15) is 9.90 Å². The van der Waals surface area contributed by atoms with Crippen LogP contribution in [0.15, 0.2) is 64.3 Å². The van der Waals surface area contributed by atoms with E-state index in [0.717, 1.165) is 0 Å². The third-order valence-electron chi connectivity index (χ3n) is 5.54. The summed E-state index contributed by atoms with van der Waals surface area (Å²) in [5, 5.41) is 20.5. The number of phenolic OH excluding ortho intramolecular Hbond substituents is 1. The largest absolute Gasteiger partial charge is 0.504 e. The highest BCUT2D eigenvalue weighted by Gasteiger charge is 2.36. The van der Waals surface area contributed by atoms with E-state index in [1.807, 2.05) is 38.1 Å². The van der Waals surface area contributed by atoms with Gasteiger partial charge in [0.05, 0.1) is 31.0 Å². The molecule has 9 nitrogen and oxygen atoms in total. The second-order valence-corrected chi connectivity index (χ2v) is 8.21. The number of hydrogen-bond donors (Lipinski definition) is 3. The van der Waals surface area contributed by atoms with Crippen molar-refractivity contribution in [2.45, 2.75) is 26.8 Å². The van der Waals surface area contributed by atoms with Crippen LogP contribution in [0.25, 0.3) is 0 Å². The molecule has 0 saturated carbocycles. The number of phenols is 1. The number of aryl methyl sites for hydroxylation is 1. The molecular weight excluding hydrogens is 468 g/mol. The van der Waals surface area contributed by atoms with Crippen LogP contribution < -0.4 is 25.0 Å². The highest BCUT2D eigenvalue weighted by Crippen LogP contribution is 2.39. The number of amides is 1. The lowest BCUT2D eigenvalue weighted by Crippen LogP contribution is -2.48. The Hall–Kier alpha value is -4.05. The molecule has 0 aliphatic carbocycles. The van der Waals surface area contributed by atoms with Gasteiger partial charge in [0.1, 0.15) is 11.5 Å². The number of allylic oxidation sites excluding steroid dienone is 1. The molecule has 3 aromatic rings. The maximum atomic E-state index is 13.6. The molecule has 3 N–H and O–H groups in total. The van der Waals surface area contributed by atoms with E-state index in [1.54, 1.807) is 37.1 Å². The number of rotatable bonds is 7. The van der Waals surface area contributed by atoms with E-state index >= 15 is 0 Å². The first kappa shape index (κ1) is 24.1. The fourth-order valence-electron chi connectivity index (χ4n) is 3.98. The maximum absolute atomic E-state index is 13.6. The number of hydrogen-bond acceptors (Lipinski definition) is 7. The van der Waals surface area contributed by atoms with Crippen molar-refractivity contribution in [2.24, 2.45) is 0 Å². The molecule has 0 bridgehead atoms. The summed E-state index contributed by atoms with van der Waals surface area (Å²) in [6.07, 6.45) is 0. The SMILES string of the molecule is CCOc1cc([C@H]2NC(=S)N(c3ccccc3OC)C(C)=C2C(=O)Nc2cc(C)on2)ccc1O. The van der Waals surface area contributed by atoms with Crippen molar-refractivity contribution in [1.29, 1.82) is 0 Å². The normalized spacial score (nSPS) is 15.6. The zero-order valence-electron chi connectivity index (χ0n) is 19.8. The standard InChI is InChI=1S/C25H26N4O5S/c1-5-33-20-13-16(10-11-18(20)30)23-22(24(31)26-21-12-14(2)34-28-21)15(3)29(25(35)27-23)17-8-6-7-9-19(17)32-4/h6-13,23,30H,5H2,1-4H3,(H,27,35)(H,26,28,31)/t23-/m1/s1. The first-order valence-electron chi connectivity index (χ1n) is 11.0. The van der Waals surface area contributed by atoms with E-state index < -0.39 is 6.04 Å². The summed E-state index contributed by atoms with van der Waals surface area (Å²) in [5.74, 6) is 1.40.